The highest BCUT2D eigenvalue weighted by molar-refractivity contribution is 6.31. The van der Waals surface area contributed by atoms with Crippen molar-refractivity contribution in [3.05, 3.63) is 74.5 Å². The van der Waals surface area contributed by atoms with E-state index in [1.54, 1.807) is 24.3 Å². The van der Waals surface area contributed by atoms with Crippen LogP contribution in [0.3, 0.4) is 0 Å². The molecule has 10 heteroatoms. The van der Waals surface area contributed by atoms with Gasteiger partial charge in [-0.2, -0.15) is 10.2 Å². The number of aromatic nitrogens is 2. The Balaban J connectivity index is 1.45. The van der Waals surface area contributed by atoms with Crippen LogP contribution >= 0.6 is 11.6 Å². The van der Waals surface area contributed by atoms with Gasteiger partial charge in [0.05, 0.1) is 24.8 Å². The minimum Gasteiger partial charge on any atom is -0.490 e. The molecule has 1 aromatic heterocycles. The van der Waals surface area contributed by atoms with Gasteiger partial charge in [0.15, 0.2) is 11.5 Å². The first-order valence-corrected chi connectivity index (χ1v) is 11.1. The highest BCUT2D eigenvalue weighted by Gasteiger charge is 2.41. The number of carbonyl (C=O) groups is 1. The van der Waals surface area contributed by atoms with Crippen molar-refractivity contribution in [3.63, 3.8) is 0 Å². The first-order chi connectivity index (χ1) is 16.5. The van der Waals surface area contributed by atoms with Crippen LogP contribution in [0.2, 0.25) is 5.02 Å². The number of fused-ring (bicyclic) bond motifs is 2. The van der Waals surface area contributed by atoms with Gasteiger partial charge in [0.25, 0.3) is 5.56 Å². The zero-order chi connectivity index (χ0) is 23.7. The van der Waals surface area contributed by atoms with Crippen LogP contribution in [0.25, 0.3) is 0 Å². The van der Waals surface area contributed by atoms with Crippen LogP contribution in [0.5, 0.6) is 11.5 Å². The SMILES string of the molecule is N#CC1C(=O)Nc2nc(NCc3ccc4c(c3)OCCCO4)[nH]c(=O)c2C1c1ccccc1Cl. The lowest BCUT2D eigenvalue weighted by atomic mass is 9.79. The van der Waals surface area contributed by atoms with Gasteiger partial charge < -0.3 is 20.1 Å². The number of rotatable bonds is 4. The predicted octanol–water partition coefficient (Wildman–Crippen LogP) is 3.42. The van der Waals surface area contributed by atoms with Crippen LogP contribution < -0.4 is 25.7 Å². The fourth-order valence-corrected chi connectivity index (χ4v) is 4.41. The Bertz CT molecular complexity index is 1370. The number of nitriles is 1. The van der Waals surface area contributed by atoms with Crippen molar-refractivity contribution in [1.82, 2.24) is 9.97 Å². The summed E-state index contributed by atoms with van der Waals surface area (Å²) in [7, 11) is 0. The minimum atomic E-state index is -1.11. The summed E-state index contributed by atoms with van der Waals surface area (Å²) in [5.41, 5.74) is 1.15. The third kappa shape index (κ3) is 4.04. The maximum atomic E-state index is 13.1. The smallest absolute Gasteiger partial charge is 0.258 e. The molecule has 5 rings (SSSR count). The number of hydrogen-bond acceptors (Lipinski definition) is 7. The fourth-order valence-electron chi connectivity index (χ4n) is 4.16. The number of benzene rings is 2. The zero-order valence-electron chi connectivity index (χ0n) is 17.9. The molecule has 3 N–H and O–H groups in total. The van der Waals surface area contributed by atoms with Gasteiger partial charge in [-0.1, -0.05) is 35.9 Å². The molecule has 2 aliphatic heterocycles. The third-order valence-electron chi connectivity index (χ3n) is 5.77. The van der Waals surface area contributed by atoms with Gasteiger partial charge in [0, 0.05) is 23.9 Å². The molecule has 3 aromatic rings. The lowest BCUT2D eigenvalue weighted by Crippen LogP contribution is -2.38. The van der Waals surface area contributed by atoms with E-state index >= 15 is 0 Å². The molecule has 0 aliphatic carbocycles. The average Bonchev–Trinajstić information content (AvgIpc) is 3.07. The molecule has 172 valence electrons. The summed E-state index contributed by atoms with van der Waals surface area (Å²) >= 11 is 6.35. The fraction of sp³-hybridized carbons (Fsp3) is 0.250. The maximum absolute atomic E-state index is 13.1. The topological polar surface area (TPSA) is 129 Å². The Morgan fingerprint density at radius 2 is 1.94 bits per heavy atom. The number of H-pyrrole nitrogens is 1. The van der Waals surface area contributed by atoms with Crippen molar-refractivity contribution < 1.29 is 14.3 Å². The van der Waals surface area contributed by atoms with E-state index in [4.69, 9.17) is 21.1 Å². The molecular formula is C24H20ClN5O4. The van der Waals surface area contributed by atoms with Crippen molar-refractivity contribution in [1.29, 1.82) is 5.26 Å². The highest BCUT2D eigenvalue weighted by atomic mass is 35.5. The second-order valence-corrected chi connectivity index (χ2v) is 8.36. The molecule has 0 bridgehead atoms. The number of carbonyl (C=O) groups excluding carboxylic acids is 1. The molecule has 0 saturated heterocycles. The van der Waals surface area contributed by atoms with Gasteiger partial charge in [0.2, 0.25) is 11.9 Å². The number of nitrogens with zero attached hydrogens (tertiary/aromatic N) is 2. The number of ether oxygens (including phenoxy) is 2. The van der Waals surface area contributed by atoms with E-state index in [0.717, 1.165) is 12.0 Å². The van der Waals surface area contributed by atoms with Crippen molar-refractivity contribution in [2.45, 2.75) is 18.9 Å². The molecule has 34 heavy (non-hydrogen) atoms. The largest absolute Gasteiger partial charge is 0.490 e. The third-order valence-corrected chi connectivity index (χ3v) is 6.12. The molecule has 2 atom stereocenters. The second-order valence-electron chi connectivity index (χ2n) is 7.96. The quantitative estimate of drug-likeness (QED) is 0.525. The monoisotopic (exact) mass is 477 g/mol. The van der Waals surface area contributed by atoms with Crippen LogP contribution in [0.15, 0.2) is 47.3 Å². The molecule has 2 unspecified atom stereocenters. The Hall–Kier alpha value is -4.03. The van der Waals surface area contributed by atoms with Crippen LogP contribution in [0, 0.1) is 17.2 Å². The Kier molecular flexibility index (Phi) is 5.82. The van der Waals surface area contributed by atoms with Crippen LogP contribution in [-0.2, 0) is 11.3 Å². The van der Waals surface area contributed by atoms with Gasteiger partial charge >= 0.3 is 0 Å². The molecule has 9 nitrogen and oxygen atoms in total. The van der Waals surface area contributed by atoms with Gasteiger partial charge in [-0.3, -0.25) is 14.6 Å². The van der Waals surface area contributed by atoms with E-state index in [2.05, 4.69) is 20.6 Å². The van der Waals surface area contributed by atoms with Crippen molar-refractivity contribution in [2.75, 3.05) is 23.8 Å². The molecule has 0 saturated carbocycles. The Labute approximate surface area is 199 Å². The van der Waals surface area contributed by atoms with Crippen molar-refractivity contribution in [2.24, 2.45) is 5.92 Å². The molecule has 1 amide bonds. The number of amides is 1. The van der Waals surface area contributed by atoms with Gasteiger partial charge in [-0.05, 0) is 29.3 Å². The molecule has 0 spiro atoms. The molecule has 3 heterocycles. The van der Waals surface area contributed by atoms with Crippen LogP contribution in [0.4, 0.5) is 11.8 Å². The molecule has 2 aliphatic rings. The molecule has 2 aromatic carbocycles. The summed E-state index contributed by atoms with van der Waals surface area (Å²) in [4.78, 5) is 32.9. The van der Waals surface area contributed by atoms with E-state index in [1.165, 1.54) is 0 Å². The molecule has 0 radical (unpaired) electrons. The van der Waals surface area contributed by atoms with E-state index in [0.29, 0.717) is 41.8 Å². The van der Waals surface area contributed by atoms with Gasteiger partial charge in [-0.25, -0.2) is 0 Å². The first-order valence-electron chi connectivity index (χ1n) is 10.8. The molecule has 0 fully saturated rings. The van der Waals surface area contributed by atoms with Crippen molar-refractivity contribution in [3.8, 4) is 17.6 Å². The average molecular weight is 478 g/mol. The number of nitrogens with one attached hydrogen (secondary N) is 3. The van der Waals surface area contributed by atoms with E-state index in [1.807, 2.05) is 24.3 Å². The first kappa shape index (κ1) is 21.8. The maximum Gasteiger partial charge on any atom is 0.258 e. The lowest BCUT2D eigenvalue weighted by molar-refractivity contribution is -0.119. The number of aromatic amines is 1. The lowest BCUT2D eigenvalue weighted by Gasteiger charge is -2.28. The van der Waals surface area contributed by atoms with Crippen LogP contribution in [-0.4, -0.2) is 29.1 Å². The summed E-state index contributed by atoms with van der Waals surface area (Å²) in [6, 6.07) is 14.5. The Morgan fingerprint density at radius 1 is 1.15 bits per heavy atom. The van der Waals surface area contributed by atoms with Gasteiger partial charge in [-0.15, -0.1) is 0 Å². The Morgan fingerprint density at radius 3 is 2.74 bits per heavy atom. The van der Waals surface area contributed by atoms with Crippen molar-refractivity contribution >= 4 is 29.3 Å². The normalized spacial score (nSPS) is 18.8. The summed E-state index contributed by atoms with van der Waals surface area (Å²) < 4.78 is 11.4. The minimum absolute atomic E-state index is 0.103. The second kappa shape index (κ2) is 9.08. The van der Waals surface area contributed by atoms with E-state index in [9.17, 15) is 14.9 Å². The standard InChI is InChI=1S/C24H20ClN5O4/c25-16-5-2-1-4-14(16)19-15(11-26)22(31)28-21-20(19)23(32)30-24(29-21)27-12-13-6-7-17-18(10-13)34-9-3-8-33-17/h1-2,4-7,10,15,19H,3,8-9,12H2,(H3,27,28,29,30,31,32). The number of halogens is 1. The van der Waals surface area contributed by atoms with Crippen LogP contribution in [0.1, 0.15) is 29.0 Å². The van der Waals surface area contributed by atoms with E-state index in [-0.39, 0.29) is 17.3 Å². The summed E-state index contributed by atoms with van der Waals surface area (Å²) in [5.74, 6) is -0.837. The number of hydrogen-bond donors (Lipinski definition) is 3. The van der Waals surface area contributed by atoms with E-state index < -0.39 is 23.3 Å². The highest BCUT2D eigenvalue weighted by Crippen LogP contribution is 2.40. The summed E-state index contributed by atoms with van der Waals surface area (Å²) in [5, 5.41) is 15.7. The van der Waals surface area contributed by atoms with Gasteiger partial charge in [0.1, 0.15) is 11.7 Å². The number of anilines is 2. The summed E-state index contributed by atoms with van der Waals surface area (Å²) in [6.45, 7) is 1.54. The zero-order valence-corrected chi connectivity index (χ0v) is 18.7. The predicted molar refractivity (Wildman–Crippen MR) is 125 cm³/mol. The summed E-state index contributed by atoms with van der Waals surface area (Å²) in [6.07, 6.45) is 0.816. The molecular weight excluding hydrogens is 458 g/mol.